The molecule has 0 aliphatic carbocycles. The van der Waals surface area contributed by atoms with Gasteiger partial charge in [0, 0.05) is 25.7 Å². The van der Waals surface area contributed by atoms with Crippen molar-refractivity contribution >= 4 is 29.0 Å². The third kappa shape index (κ3) is 4.31. The number of amides is 1. The largest absolute Gasteiger partial charge is 0.348 e. The molecule has 150 valence electrons. The van der Waals surface area contributed by atoms with Crippen LogP contribution >= 0.6 is 12.2 Å². The van der Waals surface area contributed by atoms with E-state index in [0.29, 0.717) is 27.8 Å². The van der Waals surface area contributed by atoms with Crippen molar-refractivity contribution < 1.29 is 4.79 Å². The number of aromatic nitrogens is 2. The zero-order valence-electron chi connectivity index (χ0n) is 16.4. The number of aromatic amines is 1. The van der Waals surface area contributed by atoms with Gasteiger partial charge in [0.05, 0.1) is 10.9 Å². The van der Waals surface area contributed by atoms with Crippen molar-refractivity contribution in [1.29, 1.82) is 0 Å². The lowest BCUT2D eigenvalue weighted by Gasteiger charge is -2.14. The summed E-state index contributed by atoms with van der Waals surface area (Å²) in [6, 6.07) is 13.4. The van der Waals surface area contributed by atoms with Gasteiger partial charge in [-0.3, -0.25) is 19.1 Å². The Kier molecular flexibility index (Phi) is 5.60. The molecule has 0 unspecified atom stereocenters. The first-order chi connectivity index (χ1) is 14.0. The van der Waals surface area contributed by atoms with Crippen molar-refractivity contribution in [2.24, 2.45) is 7.05 Å². The van der Waals surface area contributed by atoms with E-state index < -0.39 is 0 Å². The van der Waals surface area contributed by atoms with E-state index in [1.54, 1.807) is 25.2 Å². The Bertz CT molecular complexity index is 1160. The minimum atomic E-state index is -0.187. The van der Waals surface area contributed by atoms with Gasteiger partial charge in [-0.1, -0.05) is 24.3 Å². The van der Waals surface area contributed by atoms with E-state index >= 15 is 0 Å². The molecule has 2 heterocycles. The fraction of sp³-hybridized carbons (Fsp3) is 0.318. The highest BCUT2D eigenvalue weighted by molar-refractivity contribution is 7.71. The van der Waals surface area contributed by atoms with Crippen LogP contribution in [0.2, 0.25) is 0 Å². The first kappa shape index (κ1) is 19.5. The van der Waals surface area contributed by atoms with Crippen LogP contribution in [0.3, 0.4) is 0 Å². The molecule has 0 atom stereocenters. The number of carbonyl (C=O) groups is 1. The first-order valence-electron chi connectivity index (χ1n) is 9.83. The molecule has 0 bridgehead atoms. The van der Waals surface area contributed by atoms with Gasteiger partial charge < -0.3 is 10.3 Å². The van der Waals surface area contributed by atoms with Crippen molar-refractivity contribution in [2.75, 3.05) is 13.1 Å². The standard InChI is InChI=1S/C22H24N4O2S/c1-25-21(28)18-9-8-17(12-19(18)24-22(25)29)20(27)23-13-15-4-6-16(7-5-15)14-26-10-2-3-11-26/h4-9,12H,2-3,10-11,13-14H2,1H3,(H,23,27)(H,24,29). The maximum absolute atomic E-state index is 12.6. The number of fused-ring (bicyclic) bond motifs is 1. The molecular formula is C22H24N4O2S. The Labute approximate surface area is 174 Å². The van der Waals surface area contributed by atoms with Crippen molar-refractivity contribution in [1.82, 2.24) is 19.8 Å². The summed E-state index contributed by atoms with van der Waals surface area (Å²) in [5.41, 5.74) is 3.23. The summed E-state index contributed by atoms with van der Waals surface area (Å²) in [6.07, 6.45) is 2.58. The molecule has 1 aliphatic heterocycles. The van der Waals surface area contributed by atoms with E-state index in [1.165, 1.54) is 36.1 Å². The lowest BCUT2D eigenvalue weighted by atomic mass is 10.1. The highest BCUT2D eigenvalue weighted by Gasteiger charge is 2.12. The maximum Gasteiger partial charge on any atom is 0.261 e. The number of benzene rings is 2. The zero-order valence-corrected chi connectivity index (χ0v) is 17.2. The number of hydrogen-bond donors (Lipinski definition) is 2. The SMILES string of the molecule is Cn1c(=S)[nH]c2cc(C(=O)NCc3ccc(CN4CCCC4)cc3)ccc2c1=O. The second kappa shape index (κ2) is 8.31. The molecule has 3 aromatic rings. The van der Waals surface area contributed by atoms with Gasteiger partial charge in [-0.05, 0) is 67.5 Å². The molecule has 0 spiro atoms. The van der Waals surface area contributed by atoms with Crippen LogP contribution in [0, 0.1) is 4.77 Å². The van der Waals surface area contributed by atoms with Gasteiger partial charge in [-0.25, -0.2) is 0 Å². The second-order valence-electron chi connectivity index (χ2n) is 7.54. The Morgan fingerprint density at radius 3 is 2.52 bits per heavy atom. The smallest absolute Gasteiger partial charge is 0.261 e. The van der Waals surface area contributed by atoms with Gasteiger partial charge >= 0.3 is 0 Å². The average Bonchev–Trinajstić information content (AvgIpc) is 3.24. The van der Waals surface area contributed by atoms with E-state index in [0.717, 1.165) is 12.1 Å². The number of hydrogen-bond acceptors (Lipinski definition) is 4. The summed E-state index contributed by atoms with van der Waals surface area (Å²) in [5, 5.41) is 3.45. The van der Waals surface area contributed by atoms with Crippen LogP contribution in [0.5, 0.6) is 0 Å². The van der Waals surface area contributed by atoms with Gasteiger partial charge in [0.25, 0.3) is 11.5 Å². The van der Waals surface area contributed by atoms with E-state index in [4.69, 9.17) is 12.2 Å². The monoisotopic (exact) mass is 408 g/mol. The maximum atomic E-state index is 12.6. The van der Waals surface area contributed by atoms with Crippen LogP contribution < -0.4 is 10.9 Å². The third-order valence-electron chi connectivity index (χ3n) is 5.44. The van der Waals surface area contributed by atoms with E-state index in [1.807, 2.05) is 0 Å². The Balaban J connectivity index is 1.42. The van der Waals surface area contributed by atoms with Crippen LogP contribution in [0.4, 0.5) is 0 Å². The molecule has 0 radical (unpaired) electrons. The molecule has 1 aliphatic rings. The minimum absolute atomic E-state index is 0.176. The predicted molar refractivity (Wildman–Crippen MR) is 116 cm³/mol. The fourth-order valence-corrected chi connectivity index (χ4v) is 3.89. The minimum Gasteiger partial charge on any atom is -0.348 e. The third-order valence-corrected chi connectivity index (χ3v) is 5.82. The van der Waals surface area contributed by atoms with Crippen LogP contribution in [-0.4, -0.2) is 33.4 Å². The van der Waals surface area contributed by atoms with Crippen molar-refractivity contribution in [3.05, 3.63) is 74.3 Å². The number of nitrogens with zero attached hydrogens (tertiary/aromatic N) is 2. The molecule has 1 amide bonds. The normalized spacial score (nSPS) is 14.4. The van der Waals surface area contributed by atoms with Crippen molar-refractivity contribution in [2.45, 2.75) is 25.9 Å². The molecule has 6 nitrogen and oxygen atoms in total. The Hall–Kier alpha value is -2.77. The molecule has 2 N–H and O–H groups in total. The zero-order chi connectivity index (χ0) is 20.4. The number of nitrogens with one attached hydrogen (secondary N) is 2. The Morgan fingerprint density at radius 2 is 1.79 bits per heavy atom. The number of carbonyl (C=O) groups excluding carboxylic acids is 1. The van der Waals surface area contributed by atoms with Crippen molar-refractivity contribution in [3.8, 4) is 0 Å². The molecule has 29 heavy (non-hydrogen) atoms. The summed E-state index contributed by atoms with van der Waals surface area (Å²) in [5.74, 6) is -0.187. The van der Waals surface area contributed by atoms with E-state index in [9.17, 15) is 9.59 Å². The summed E-state index contributed by atoms with van der Waals surface area (Å²) in [4.78, 5) is 30.3. The van der Waals surface area contributed by atoms with Crippen LogP contribution in [0.15, 0.2) is 47.3 Å². The molecule has 0 saturated carbocycles. The molecule has 1 aromatic heterocycles. The number of rotatable bonds is 5. The first-order valence-corrected chi connectivity index (χ1v) is 10.2. The highest BCUT2D eigenvalue weighted by atomic mass is 32.1. The lowest BCUT2D eigenvalue weighted by Crippen LogP contribution is -2.23. The van der Waals surface area contributed by atoms with Gasteiger partial charge in [-0.2, -0.15) is 0 Å². The Morgan fingerprint density at radius 1 is 1.10 bits per heavy atom. The molecule has 4 rings (SSSR count). The quantitative estimate of drug-likeness (QED) is 0.637. The molecule has 2 aromatic carbocycles. The van der Waals surface area contributed by atoms with Crippen molar-refractivity contribution in [3.63, 3.8) is 0 Å². The average molecular weight is 409 g/mol. The highest BCUT2D eigenvalue weighted by Crippen LogP contribution is 2.14. The van der Waals surface area contributed by atoms with Gasteiger partial charge in [0.1, 0.15) is 0 Å². The van der Waals surface area contributed by atoms with Crippen LogP contribution in [0.25, 0.3) is 10.9 Å². The van der Waals surface area contributed by atoms with Gasteiger partial charge in [0.2, 0.25) is 0 Å². The van der Waals surface area contributed by atoms with Crippen LogP contribution in [0.1, 0.15) is 34.3 Å². The second-order valence-corrected chi connectivity index (χ2v) is 7.92. The van der Waals surface area contributed by atoms with E-state index in [-0.39, 0.29) is 11.5 Å². The molecular weight excluding hydrogens is 384 g/mol. The summed E-state index contributed by atoms with van der Waals surface area (Å²) in [6.45, 7) is 3.80. The molecule has 1 saturated heterocycles. The summed E-state index contributed by atoms with van der Waals surface area (Å²) in [7, 11) is 1.62. The topological polar surface area (TPSA) is 70.1 Å². The number of H-pyrrole nitrogens is 1. The van der Waals surface area contributed by atoms with Gasteiger partial charge in [0.15, 0.2) is 4.77 Å². The van der Waals surface area contributed by atoms with Gasteiger partial charge in [-0.15, -0.1) is 0 Å². The van der Waals surface area contributed by atoms with E-state index in [2.05, 4.69) is 39.5 Å². The molecule has 7 heteroatoms. The van der Waals surface area contributed by atoms with Crippen LogP contribution in [-0.2, 0) is 20.1 Å². The predicted octanol–water partition coefficient (Wildman–Crippen LogP) is 3.12. The summed E-state index contributed by atoms with van der Waals surface area (Å²) < 4.78 is 1.71. The summed E-state index contributed by atoms with van der Waals surface area (Å²) >= 11 is 5.15. The molecule has 1 fully saturated rings. The fourth-order valence-electron chi connectivity index (χ4n) is 3.69. The lowest BCUT2D eigenvalue weighted by molar-refractivity contribution is 0.0951. The number of likely N-dealkylation sites (tertiary alicyclic amines) is 1.